The summed E-state index contributed by atoms with van der Waals surface area (Å²) < 4.78 is 184. The largest absolute Gasteiger partial charge is 0.489 e. The van der Waals surface area contributed by atoms with Gasteiger partial charge >= 0.3 is 36.6 Å². The zero-order chi connectivity index (χ0) is 75.8. The van der Waals surface area contributed by atoms with Gasteiger partial charge in [-0.15, -0.1) is 0 Å². The van der Waals surface area contributed by atoms with E-state index in [1.54, 1.807) is 48.8 Å². The van der Waals surface area contributed by atoms with E-state index in [9.17, 15) is 91.7 Å². The van der Waals surface area contributed by atoms with Crippen molar-refractivity contribution < 1.29 is 126 Å². The van der Waals surface area contributed by atoms with Crippen LogP contribution in [0, 0.1) is 11.8 Å². The highest BCUT2D eigenvalue weighted by molar-refractivity contribution is 9.08. The van der Waals surface area contributed by atoms with Crippen LogP contribution in [0.3, 0.4) is 0 Å². The highest BCUT2D eigenvalue weighted by atomic mass is 79.9. The number of benzene rings is 6. The molecular formula is C73H57BrF12N4O15. The normalized spacial score (nSPS) is 18.4. The maximum Gasteiger partial charge on any atom is 0.416 e. The van der Waals surface area contributed by atoms with Gasteiger partial charge in [0.1, 0.15) is 58.3 Å². The molecule has 19 nitrogen and oxygen atoms in total. The Hall–Kier alpha value is -10.4. The maximum absolute atomic E-state index is 13.3. The molecule has 0 radical (unpaired) electrons. The summed E-state index contributed by atoms with van der Waals surface area (Å²) in [5.41, 5.74) is -1.98. The number of aliphatic hydroxyl groups is 3. The first kappa shape index (κ1) is 75.7. The number of hydrogen-bond acceptors (Lipinski definition) is 16. The number of fused-ring (bicyclic) bond motifs is 8. The van der Waals surface area contributed by atoms with Gasteiger partial charge in [0.2, 0.25) is 11.8 Å². The Labute approximate surface area is 595 Å². The van der Waals surface area contributed by atoms with Crippen LogP contribution in [0.2, 0.25) is 0 Å². The van der Waals surface area contributed by atoms with Crippen LogP contribution in [0.4, 0.5) is 64.3 Å². The predicted molar refractivity (Wildman–Crippen MR) is 349 cm³/mol. The van der Waals surface area contributed by atoms with Gasteiger partial charge in [0, 0.05) is 100 Å². The van der Waals surface area contributed by atoms with Gasteiger partial charge in [-0.25, -0.2) is 19.6 Å². The van der Waals surface area contributed by atoms with E-state index in [-0.39, 0.29) is 105 Å². The summed E-state index contributed by atoms with van der Waals surface area (Å²) in [5.74, 6) is 1.08. The Balaban J connectivity index is 0.000000152. The van der Waals surface area contributed by atoms with E-state index in [0.29, 0.717) is 77.9 Å². The number of esters is 1. The topological polar surface area (TPSA) is 279 Å². The van der Waals surface area contributed by atoms with E-state index in [4.69, 9.17) is 29.2 Å². The minimum atomic E-state index is -4.66. The first-order valence-electron chi connectivity index (χ1n) is 31.8. The summed E-state index contributed by atoms with van der Waals surface area (Å²) >= 11 is 2.96. The molecule has 0 bridgehead atoms. The molecule has 0 saturated heterocycles. The van der Waals surface area contributed by atoms with E-state index in [1.165, 1.54) is 24.3 Å². The lowest BCUT2D eigenvalue weighted by Crippen LogP contribution is -2.20. The van der Waals surface area contributed by atoms with Crippen LogP contribution in [0.5, 0.6) is 34.5 Å². The van der Waals surface area contributed by atoms with Crippen molar-refractivity contribution in [3.63, 3.8) is 0 Å². The molecule has 105 heavy (non-hydrogen) atoms. The minimum Gasteiger partial charge on any atom is -0.489 e. The maximum atomic E-state index is 13.3. The van der Waals surface area contributed by atoms with Gasteiger partial charge in [-0.2, -0.15) is 52.7 Å². The fourth-order valence-corrected chi connectivity index (χ4v) is 13.2. The van der Waals surface area contributed by atoms with Gasteiger partial charge in [0.05, 0.1) is 60.3 Å². The van der Waals surface area contributed by atoms with E-state index in [1.807, 2.05) is 12.1 Å². The Morgan fingerprint density at radius 1 is 0.495 bits per heavy atom. The fraction of sp³-hybridized carbons (Fsp3) is 0.288. The highest BCUT2D eigenvalue weighted by Gasteiger charge is 2.60. The number of halogens is 13. The van der Waals surface area contributed by atoms with E-state index >= 15 is 0 Å². The van der Waals surface area contributed by atoms with Crippen LogP contribution in [0.1, 0.15) is 146 Å². The second kappa shape index (κ2) is 30.3. The van der Waals surface area contributed by atoms with Crippen LogP contribution in [0.25, 0.3) is 0 Å². The Morgan fingerprint density at radius 3 is 1.23 bits per heavy atom. The number of amides is 2. The number of aromatic nitrogens is 2. The van der Waals surface area contributed by atoms with Crippen molar-refractivity contribution in [2.75, 3.05) is 17.7 Å². The van der Waals surface area contributed by atoms with Gasteiger partial charge in [-0.05, 0) is 120 Å². The lowest BCUT2D eigenvalue weighted by Gasteiger charge is -2.19. The van der Waals surface area contributed by atoms with Crippen LogP contribution < -0.4 is 29.6 Å². The number of aromatic carboxylic acids is 1. The van der Waals surface area contributed by atoms with E-state index in [0.717, 1.165) is 71.8 Å². The zero-order valence-electron chi connectivity index (χ0n) is 54.3. The molecule has 32 heteroatoms. The van der Waals surface area contributed by atoms with Crippen LogP contribution in [-0.2, 0) is 77.0 Å². The number of carbonyl (C=O) groups excluding carboxylic acids is 5. The summed E-state index contributed by atoms with van der Waals surface area (Å²) in [7, 11) is 1.12. The second-order valence-corrected chi connectivity index (χ2v) is 25.2. The van der Waals surface area contributed by atoms with Crippen molar-refractivity contribution in [2.45, 2.75) is 112 Å². The number of ketones is 2. The Bertz CT molecular complexity index is 4520. The molecule has 0 unspecified atom stereocenters. The molecule has 0 spiro atoms. The Kier molecular flexibility index (Phi) is 21.9. The van der Waals surface area contributed by atoms with Crippen LogP contribution >= 0.6 is 15.9 Å². The number of carboxylic acids is 1. The lowest BCUT2D eigenvalue weighted by atomic mass is 9.97. The van der Waals surface area contributed by atoms with Crippen molar-refractivity contribution in [1.82, 2.24) is 9.97 Å². The average molecular weight is 1540 g/mol. The monoisotopic (exact) mass is 1540 g/mol. The molecule has 6 N–H and O–H groups in total. The summed E-state index contributed by atoms with van der Waals surface area (Å²) in [6, 6.07) is 26.7. The molecule has 2 saturated carbocycles. The Morgan fingerprint density at radius 2 is 0.857 bits per heavy atom. The number of anilines is 2. The molecule has 6 aliphatic rings. The van der Waals surface area contributed by atoms with E-state index < -0.39 is 95.8 Å². The fourth-order valence-electron chi connectivity index (χ4n) is 12.8. The number of ether oxygens (including phenoxy) is 5. The standard InChI is InChI=1S/2C27H21F3N2O5.C10H8BrF3O2.C9H7F3O3/c2*28-27(29,30)19-9-13(1-2-14(19)12-33)20(34)11-18-24-17-10-15(3-5-21(17)37-25(18)24)36-22-7-8-31-26-16(22)4-6-23(35)32-26;1-16-9(15)6-2-3-7(5-11)8(4-6)10(12,13)14;10-9(11,12)7-3-5(8(14)15)1-2-6(7)4-13/h2*1-3,5,7-10,18,24-25,33H,4,6,11-12H2,(H,31,32,35);2-4H,5H2,1H3;1-3,13H,4H2,(H,14,15)/t2*18-,24-,25+;;/m00../s1. The quantitative estimate of drug-likeness (QED) is 0.0227. The highest BCUT2D eigenvalue weighted by Crippen LogP contribution is 2.62. The number of carbonyl (C=O) groups is 6. The molecule has 2 aliphatic carbocycles. The zero-order valence-corrected chi connectivity index (χ0v) is 55.9. The molecule has 2 aromatic heterocycles. The van der Waals surface area contributed by atoms with Gasteiger partial charge in [0.25, 0.3) is 0 Å². The van der Waals surface area contributed by atoms with E-state index in [2.05, 4.69) is 41.3 Å². The lowest BCUT2D eigenvalue weighted by molar-refractivity contribution is -0.139. The molecule has 8 aromatic rings. The van der Waals surface area contributed by atoms with Crippen LogP contribution in [-0.4, -0.2) is 85.0 Å². The third-order valence-electron chi connectivity index (χ3n) is 18.1. The number of aliphatic hydroxyl groups excluding tert-OH is 3. The molecule has 6 atom stereocenters. The molecule has 2 amide bonds. The number of alkyl halides is 13. The van der Waals surface area contributed by atoms with Crippen molar-refractivity contribution in [1.29, 1.82) is 0 Å². The number of carboxylic acid groups (broad SMARTS) is 1. The molecule has 6 aromatic carbocycles. The summed E-state index contributed by atoms with van der Waals surface area (Å²) in [5, 5.41) is 41.2. The van der Waals surface area contributed by atoms with Crippen LogP contribution in [0.15, 0.2) is 134 Å². The number of Topliss-reactive ketones (excluding diaryl/α,β-unsaturated/α-hetero) is 2. The van der Waals surface area contributed by atoms with Gasteiger partial charge < -0.3 is 54.7 Å². The number of methoxy groups -OCH3 is 1. The van der Waals surface area contributed by atoms with Crippen molar-refractivity contribution in [2.24, 2.45) is 11.8 Å². The number of nitrogens with zero attached hydrogens (tertiary/aromatic N) is 2. The third-order valence-corrected chi connectivity index (χ3v) is 18.7. The number of hydrogen-bond donors (Lipinski definition) is 6. The van der Waals surface area contributed by atoms with Crippen molar-refractivity contribution in [3.8, 4) is 34.5 Å². The molecule has 6 heterocycles. The molecule has 2 fully saturated rings. The number of pyridine rings is 2. The first-order valence-corrected chi connectivity index (χ1v) is 32.9. The van der Waals surface area contributed by atoms with Gasteiger partial charge in [-0.1, -0.05) is 52.3 Å². The van der Waals surface area contributed by atoms with Gasteiger partial charge in [-0.3, -0.25) is 19.2 Å². The number of rotatable bonds is 16. The SMILES string of the molecule is COC(=O)c1ccc(CBr)c(C(F)(F)F)c1.O=C(O)c1ccc(CO)c(C(F)(F)F)c1.O=C1CCc2c(Oc3ccc4c(c3)[C@H]3[C@H](CC(=O)c5ccc(CO)c(C(F)(F)F)c5)[C@H]3O4)ccnc2N1.O=C1CCc2c(Oc3ccc4c(c3)[C@H]3[C@H](CC(=O)c5ccc(CO)c(C(F)(F)F)c5)[C@H]3O4)ccnc2N1. The first-order chi connectivity index (χ1) is 49.7. The minimum absolute atomic E-state index is 0.0404. The molecular weight excluding hydrogens is 1480 g/mol. The third kappa shape index (κ3) is 16.9. The molecule has 550 valence electrons. The summed E-state index contributed by atoms with van der Waals surface area (Å²) in [6.07, 6.45) is -13.9. The summed E-state index contributed by atoms with van der Waals surface area (Å²) in [4.78, 5) is 78.9. The van der Waals surface area contributed by atoms with Crippen molar-refractivity contribution in [3.05, 3.63) is 223 Å². The summed E-state index contributed by atoms with van der Waals surface area (Å²) in [6.45, 7) is -2.31. The molecule has 14 rings (SSSR count). The molecule has 4 aliphatic heterocycles. The average Bonchev–Trinajstić information content (AvgIpc) is 1.56. The second-order valence-electron chi connectivity index (χ2n) is 24.7. The predicted octanol–water partition coefficient (Wildman–Crippen LogP) is 15.3. The number of nitrogens with one attached hydrogen (secondary N) is 2. The smallest absolute Gasteiger partial charge is 0.416 e. The van der Waals surface area contributed by atoms with Gasteiger partial charge in [0.15, 0.2) is 11.6 Å². The van der Waals surface area contributed by atoms with Crippen molar-refractivity contribution >= 4 is 62.9 Å².